The Morgan fingerprint density at radius 3 is 2.83 bits per heavy atom. The lowest BCUT2D eigenvalue weighted by Gasteiger charge is -2.32. The highest BCUT2D eigenvalue weighted by Crippen LogP contribution is 2.27. The van der Waals surface area contributed by atoms with Crippen molar-refractivity contribution in [3.8, 4) is 0 Å². The highest BCUT2D eigenvalue weighted by Gasteiger charge is 2.35. The lowest BCUT2D eigenvalue weighted by atomic mass is 9.99. The van der Waals surface area contributed by atoms with Crippen LogP contribution in [0, 0.1) is 6.92 Å². The van der Waals surface area contributed by atoms with Crippen LogP contribution >= 0.6 is 0 Å². The highest BCUT2D eigenvalue weighted by atomic mass is 16.5. The monoisotopic (exact) mass is 334 g/mol. The molecule has 1 aliphatic rings. The minimum atomic E-state index is -0.408. The van der Waals surface area contributed by atoms with Crippen LogP contribution in [0.4, 0.5) is 0 Å². The summed E-state index contributed by atoms with van der Waals surface area (Å²) in [6, 6.07) is 1.33. The first-order valence-electron chi connectivity index (χ1n) is 8.29. The van der Waals surface area contributed by atoms with Crippen molar-refractivity contribution in [3.05, 3.63) is 29.3 Å². The molecule has 3 heterocycles. The normalized spacial score (nSPS) is 18.3. The number of amides is 1. The van der Waals surface area contributed by atoms with Crippen molar-refractivity contribution < 1.29 is 18.5 Å². The molecule has 8 heteroatoms. The second-order valence-corrected chi connectivity index (χ2v) is 5.88. The number of morpholine rings is 1. The first-order chi connectivity index (χ1) is 11.6. The molecule has 1 saturated heterocycles. The first-order valence-corrected chi connectivity index (χ1v) is 8.29. The summed E-state index contributed by atoms with van der Waals surface area (Å²) >= 11 is 0. The van der Waals surface area contributed by atoms with Crippen LogP contribution in [0.3, 0.4) is 0 Å². The van der Waals surface area contributed by atoms with Crippen molar-refractivity contribution >= 4 is 5.91 Å². The van der Waals surface area contributed by atoms with Crippen molar-refractivity contribution in [2.75, 3.05) is 19.8 Å². The largest absolute Gasteiger partial charge is 0.423 e. The molecule has 3 rings (SSSR count). The van der Waals surface area contributed by atoms with Gasteiger partial charge in [-0.25, -0.2) is 0 Å². The molecule has 0 bridgehead atoms. The standard InChI is InChI=1S/C16H22N4O4/c1-4-11(5-2)12-8-14(24-19-12)16(21)20-6-7-22-9-13(20)15-18-17-10(3)23-15/h8,11,13H,4-7,9H2,1-3H3/t13-/m1/s1. The Labute approximate surface area is 140 Å². The Morgan fingerprint density at radius 2 is 2.17 bits per heavy atom. The van der Waals surface area contributed by atoms with Gasteiger partial charge in [0.15, 0.2) is 0 Å². The molecule has 1 atom stereocenters. The van der Waals surface area contributed by atoms with Crippen LogP contribution in [0.15, 0.2) is 15.0 Å². The van der Waals surface area contributed by atoms with E-state index < -0.39 is 6.04 Å². The maximum absolute atomic E-state index is 12.8. The summed E-state index contributed by atoms with van der Waals surface area (Å²) in [5.41, 5.74) is 0.821. The molecule has 2 aromatic rings. The quantitative estimate of drug-likeness (QED) is 0.829. The zero-order valence-corrected chi connectivity index (χ0v) is 14.2. The van der Waals surface area contributed by atoms with E-state index in [0.29, 0.717) is 37.5 Å². The molecular weight excluding hydrogens is 312 g/mol. The molecule has 1 amide bonds. The highest BCUT2D eigenvalue weighted by molar-refractivity contribution is 5.91. The van der Waals surface area contributed by atoms with Crippen molar-refractivity contribution in [1.82, 2.24) is 20.3 Å². The molecular formula is C16H22N4O4. The Kier molecular flexibility index (Phi) is 4.94. The van der Waals surface area contributed by atoms with Gasteiger partial charge in [-0.15, -0.1) is 10.2 Å². The molecule has 0 saturated carbocycles. The predicted molar refractivity (Wildman–Crippen MR) is 83.5 cm³/mol. The van der Waals surface area contributed by atoms with Gasteiger partial charge in [0.2, 0.25) is 17.5 Å². The average molecular weight is 334 g/mol. The van der Waals surface area contributed by atoms with E-state index >= 15 is 0 Å². The number of aromatic nitrogens is 3. The predicted octanol–water partition coefficient (Wildman–Crippen LogP) is 2.48. The Morgan fingerprint density at radius 1 is 1.38 bits per heavy atom. The van der Waals surface area contributed by atoms with Crippen LogP contribution in [0.5, 0.6) is 0 Å². The summed E-state index contributed by atoms with van der Waals surface area (Å²) < 4.78 is 16.3. The summed E-state index contributed by atoms with van der Waals surface area (Å²) in [6.07, 6.45) is 1.91. The van der Waals surface area contributed by atoms with Gasteiger partial charge in [0, 0.05) is 25.5 Å². The Bertz CT molecular complexity index is 692. The lowest BCUT2D eigenvalue weighted by Crippen LogP contribution is -2.43. The Hall–Kier alpha value is -2.22. The number of carbonyl (C=O) groups is 1. The van der Waals surface area contributed by atoms with E-state index in [1.807, 2.05) is 0 Å². The number of ether oxygens (including phenoxy) is 1. The zero-order chi connectivity index (χ0) is 17.1. The summed E-state index contributed by atoms with van der Waals surface area (Å²) in [5.74, 6) is 1.14. The molecule has 1 fully saturated rings. The SMILES string of the molecule is CCC(CC)c1cc(C(=O)N2CCOC[C@@H]2c2nnc(C)o2)on1. The van der Waals surface area contributed by atoms with Crippen molar-refractivity contribution in [3.63, 3.8) is 0 Å². The van der Waals surface area contributed by atoms with Crippen LogP contribution in [0.1, 0.15) is 66.7 Å². The number of rotatable bonds is 5. The summed E-state index contributed by atoms with van der Waals surface area (Å²) in [6.45, 7) is 7.13. The molecule has 8 nitrogen and oxygen atoms in total. The van der Waals surface area contributed by atoms with Gasteiger partial charge in [-0.1, -0.05) is 19.0 Å². The van der Waals surface area contributed by atoms with Crippen LogP contribution < -0.4 is 0 Å². The molecule has 1 aliphatic heterocycles. The van der Waals surface area contributed by atoms with Gasteiger partial charge in [-0.2, -0.15) is 0 Å². The van der Waals surface area contributed by atoms with Gasteiger partial charge in [0.05, 0.1) is 18.9 Å². The van der Waals surface area contributed by atoms with Gasteiger partial charge in [-0.3, -0.25) is 4.79 Å². The fraction of sp³-hybridized carbons (Fsp3) is 0.625. The zero-order valence-electron chi connectivity index (χ0n) is 14.2. The van der Waals surface area contributed by atoms with Crippen LogP contribution in [0.2, 0.25) is 0 Å². The van der Waals surface area contributed by atoms with Gasteiger partial charge in [0.1, 0.15) is 6.04 Å². The molecule has 0 N–H and O–H groups in total. The maximum atomic E-state index is 12.8. The van der Waals surface area contributed by atoms with Crippen molar-refractivity contribution in [2.45, 2.75) is 45.6 Å². The minimum absolute atomic E-state index is 0.233. The third-order valence-corrected chi connectivity index (χ3v) is 4.36. The number of carbonyl (C=O) groups excluding carboxylic acids is 1. The van der Waals surface area contributed by atoms with Crippen molar-refractivity contribution in [1.29, 1.82) is 0 Å². The van der Waals surface area contributed by atoms with Gasteiger partial charge in [0.25, 0.3) is 5.91 Å². The molecule has 130 valence electrons. The van der Waals surface area contributed by atoms with E-state index in [2.05, 4.69) is 29.2 Å². The van der Waals surface area contributed by atoms with Crippen LogP contribution in [-0.2, 0) is 4.74 Å². The third-order valence-electron chi connectivity index (χ3n) is 4.36. The lowest BCUT2D eigenvalue weighted by molar-refractivity contribution is -0.0124. The molecule has 24 heavy (non-hydrogen) atoms. The number of aryl methyl sites for hydroxylation is 1. The third kappa shape index (κ3) is 3.19. The molecule has 0 spiro atoms. The fourth-order valence-electron chi connectivity index (χ4n) is 2.93. The van der Waals surface area contributed by atoms with E-state index in [1.54, 1.807) is 17.9 Å². The van der Waals surface area contributed by atoms with E-state index in [9.17, 15) is 4.79 Å². The Balaban J connectivity index is 1.82. The number of hydrogen-bond acceptors (Lipinski definition) is 7. The fourth-order valence-corrected chi connectivity index (χ4v) is 2.93. The average Bonchev–Trinajstić information content (AvgIpc) is 3.25. The summed E-state index contributed by atoms with van der Waals surface area (Å²) in [7, 11) is 0. The van der Waals surface area contributed by atoms with Gasteiger partial charge in [-0.05, 0) is 12.8 Å². The molecule has 0 radical (unpaired) electrons. The molecule has 0 aliphatic carbocycles. The molecule has 2 aromatic heterocycles. The van der Waals surface area contributed by atoms with E-state index in [1.165, 1.54) is 0 Å². The smallest absolute Gasteiger partial charge is 0.293 e. The number of nitrogens with zero attached hydrogens (tertiary/aromatic N) is 4. The second kappa shape index (κ2) is 7.12. The molecule has 0 unspecified atom stereocenters. The van der Waals surface area contributed by atoms with Crippen LogP contribution in [0.25, 0.3) is 0 Å². The molecule has 0 aromatic carbocycles. The number of hydrogen-bond donors (Lipinski definition) is 0. The van der Waals surface area contributed by atoms with Gasteiger partial charge >= 0.3 is 0 Å². The summed E-state index contributed by atoms with van der Waals surface area (Å²) in [4.78, 5) is 14.5. The minimum Gasteiger partial charge on any atom is -0.423 e. The topological polar surface area (TPSA) is 94.5 Å². The summed E-state index contributed by atoms with van der Waals surface area (Å²) in [5, 5.41) is 11.9. The van der Waals surface area contributed by atoms with E-state index in [0.717, 1.165) is 18.5 Å². The van der Waals surface area contributed by atoms with E-state index in [-0.39, 0.29) is 11.7 Å². The maximum Gasteiger partial charge on any atom is 0.293 e. The van der Waals surface area contributed by atoms with Crippen molar-refractivity contribution in [2.24, 2.45) is 0 Å². The van der Waals surface area contributed by atoms with E-state index in [4.69, 9.17) is 13.7 Å². The van der Waals surface area contributed by atoms with Gasteiger partial charge < -0.3 is 18.6 Å². The first kappa shape index (κ1) is 16.6. The van der Waals surface area contributed by atoms with Crippen LogP contribution in [-0.4, -0.2) is 45.9 Å². The second-order valence-electron chi connectivity index (χ2n) is 5.88.